The molecule has 0 radical (unpaired) electrons. The number of pyridine rings is 1. The number of aromatic nitrogens is 2. The van der Waals surface area contributed by atoms with E-state index in [9.17, 15) is 14.4 Å². The van der Waals surface area contributed by atoms with E-state index in [1.165, 1.54) is 29.6 Å². The van der Waals surface area contributed by atoms with Crippen molar-refractivity contribution in [1.29, 1.82) is 0 Å². The molecule has 2 aromatic heterocycles. The van der Waals surface area contributed by atoms with Crippen LogP contribution in [0.4, 0.5) is 5.82 Å². The summed E-state index contributed by atoms with van der Waals surface area (Å²) >= 11 is 0. The number of anilines is 1. The number of carbonyl (C=O) groups excluding carboxylic acids is 3. The van der Waals surface area contributed by atoms with Crippen LogP contribution < -0.4 is 10.6 Å². The average molecular weight is 381 g/mol. The van der Waals surface area contributed by atoms with Gasteiger partial charge in [0, 0.05) is 43.3 Å². The number of nitrogens with zero attached hydrogens (tertiary/aromatic N) is 3. The van der Waals surface area contributed by atoms with Crippen LogP contribution in [-0.2, 0) is 11.8 Å². The first kappa shape index (κ1) is 18.2. The van der Waals surface area contributed by atoms with Crippen LogP contribution in [0.5, 0.6) is 0 Å². The molecule has 8 heteroatoms. The van der Waals surface area contributed by atoms with Gasteiger partial charge in [0.05, 0.1) is 12.1 Å². The number of amides is 3. The van der Waals surface area contributed by atoms with Gasteiger partial charge in [-0.15, -0.1) is 0 Å². The van der Waals surface area contributed by atoms with Crippen molar-refractivity contribution in [3.05, 3.63) is 46.9 Å². The Bertz CT molecular complexity index is 961. The van der Waals surface area contributed by atoms with Gasteiger partial charge in [0.2, 0.25) is 5.91 Å². The highest BCUT2D eigenvalue weighted by Crippen LogP contribution is 2.41. The van der Waals surface area contributed by atoms with Crippen LogP contribution in [0.1, 0.15) is 50.9 Å². The molecule has 0 bridgehead atoms. The molecule has 0 atom stereocenters. The maximum absolute atomic E-state index is 12.8. The zero-order valence-electron chi connectivity index (χ0n) is 16.0. The molecular formula is C20H23N5O3. The summed E-state index contributed by atoms with van der Waals surface area (Å²) in [6.45, 7) is 2.86. The minimum atomic E-state index is -0.250. The second-order valence-corrected chi connectivity index (χ2v) is 7.36. The summed E-state index contributed by atoms with van der Waals surface area (Å²) in [5, 5.41) is 5.49. The summed E-state index contributed by atoms with van der Waals surface area (Å²) < 4.78 is 2.07. The van der Waals surface area contributed by atoms with Crippen LogP contribution in [0.3, 0.4) is 0 Å². The topological polar surface area (TPSA) is 96.3 Å². The summed E-state index contributed by atoms with van der Waals surface area (Å²) in [5.41, 5.74) is 3.10. The molecule has 1 aliphatic carbocycles. The standard InChI is InChI=1S/C20H23N5O3/c1-12-15(10-16(24(12)2)13-3-4-13)19(27)23-17-9-14(5-6-21-17)20(28)25-8-7-22-18(26)11-25/h5-6,9-10,13H,3-4,7-8,11H2,1-2H3,(H,22,26)(H,21,23,27). The second-order valence-electron chi connectivity index (χ2n) is 7.36. The Morgan fingerprint density at radius 2 is 2.07 bits per heavy atom. The quantitative estimate of drug-likeness (QED) is 0.837. The maximum Gasteiger partial charge on any atom is 0.258 e. The van der Waals surface area contributed by atoms with Gasteiger partial charge in [-0.3, -0.25) is 14.4 Å². The van der Waals surface area contributed by atoms with E-state index in [0.29, 0.717) is 36.0 Å². The molecule has 0 spiro atoms. The highest BCUT2D eigenvalue weighted by Gasteiger charge is 2.29. The molecule has 0 aromatic carbocycles. The molecule has 8 nitrogen and oxygen atoms in total. The predicted octanol–water partition coefficient (Wildman–Crippen LogP) is 1.43. The summed E-state index contributed by atoms with van der Waals surface area (Å²) in [4.78, 5) is 42.6. The molecule has 0 unspecified atom stereocenters. The fraction of sp³-hybridized carbons (Fsp3) is 0.400. The van der Waals surface area contributed by atoms with E-state index < -0.39 is 0 Å². The van der Waals surface area contributed by atoms with Crippen molar-refractivity contribution in [2.24, 2.45) is 7.05 Å². The average Bonchev–Trinajstić information content (AvgIpc) is 3.48. The molecule has 3 heterocycles. The first-order chi connectivity index (χ1) is 13.4. The summed E-state index contributed by atoms with van der Waals surface area (Å²) in [5.74, 6) is 0.196. The Labute approximate surface area is 162 Å². The van der Waals surface area contributed by atoms with Crippen LogP contribution in [-0.4, -0.2) is 51.8 Å². The Morgan fingerprint density at radius 3 is 2.79 bits per heavy atom. The van der Waals surface area contributed by atoms with Crippen molar-refractivity contribution in [2.45, 2.75) is 25.7 Å². The van der Waals surface area contributed by atoms with E-state index in [-0.39, 0.29) is 24.3 Å². The highest BCUT2D eigenvalue weighted by atomic mass is 16.2. The Balaban J connectivity index is 1.50. The van der Waals surface area contributed by atoms with Crippen molar-refractivity contribution in [3.8, 4) is 0 Å². The van der Waals surface area contributed by atoms with E-state index in [0.717, 1.165) is 5.69 Å². The molecule has 28 heavy (non-hydrogen) atoms. The maximum atomic E-state index is 12.8. The number of piperazine rings is 1. The zero-order valence-corrected chi connectivity index (χ0v) is 16.0. The van der Waals surface area contributed by atoms with Gasteiger partial charge in [0.15, 0.2) is 0 Å². The third-order valence-electron chi connectivity index (χ3n) is 5.39. The number of nitrogens with one attached hydrogen (secondary N) is 2. The van der Waals surface area contributed by atoms with Gasteiger partial charge in [0.25, 0.3) is 11.8 Å². The minimum absolute atomic E-state index is 0.0377. The highest BCUT2D eigenvalue weighted by molar-refractivity contribution is 6.05. The van der Waals surface area contributed by atoms with Gasteiger partial charge >= 0.3 is 0 Å². The Kier molecular flexibility index (Phi) is 4.62. The second kappa shape index (κ2) is 7.10. The molecule has 2 aromatic rings. The number of hydrogen-bond acceptors (Lipinski definition) is 4. The SMILES string of the molecule is Cc1c(C(=O)Nc2cc(C(=O)N3CCNC(=O)C3)ccn2)cc(C2CC2)n1C. The smallest absolute Gasteiger partial charge is 0.258 e. The van der Waals surface area contributed by atoms with Crippen molar-refractivity contribution in [2.75, 3.05) is 25.0 Å². The summed E-state index contributed by atoms with van der Waals surface area (Å²) in [6.07, 6.45) is 3.82. The molecule has 1 aliphatic heterocycles. The van der Waals surface area contributed by atoms with Gasteiger partial charge < -0.3 is 20.1 Å². The summed E-state index contributed by atoms with van der Waals surface area (Å²) in [6, 6.07) is 5.08. The van der Waals surface area contributed by atoms with E-state index in [1.54, 1.807) is 12.1 Å². The van der Waals surface area contributed by atoms with E-state index in [4.69, 9.17) is 0 Å². The van der Waals surface area contributed by atoms with E-state index >= 15 is 0 Å². The van der Waals surface area contributed by atoms with E-state index in [1.807, 2.05) is 20.0 Å². The Hall–Kier alpha value is -3.16. The zero-order chi connectivity index (χ0) is 19.8. The van der Waals surface area contributed by atoms with Gasteiger partial charge in [-0.25, -0.2) is 4.98 Å². The fourth-order valence-corrected chi connectivity index (χ4v) is 3.53. The van der Waals surface area contributed by atoms with Crippen LogP contribution in [0.2, 0.25) is 0 Å². The lowest BCUT2D eigenvalue weighted by atomic mass is 10.2. The molecule has 2 aliphatic rings. The van der Waals surface area contributed by atoms with Gasteiger partial charge in [0.1, 0.15) is 5.82 Å². The van der Waals surface area contributed by atoms with Crippen LogP contribution in [0.15, 0.2) is 24.4 Å². The predicted molar refractivity (Wildman–Crippen MR) is 103 cm³/mol. The third-order valence-corrected chi connectivity index (χ3v) is 5.39. The molecule has 4 rings (SSSR count). The first-order valence-electron chi connectivity index (χ1n) is 9.43. The third kappa shape index (κ3) is 3.49. The van der Waals surface area contributed by atoms with Crippen LogP contribution in [0, 0.1) is 6.92 Å². The monoisotopic (exact) mass is 381 g/mol. The molecule has 2 fully saturated rings. The van der Waals surface area contributed by atoms with Crippen molar-refractivity contribution < 1.29 is 14.4 Å². The number of rotatable bonds is 4. The molecule has 1 saturated heterocycles. The molecule has 1 saturated carbocycles. The lowest BCUT2D eigenvalue weighted by Crippen LogP contribution is -2.49. The van der Waals surface area contributed by atoms with Gasteiger partial charge in [-0.2, -0.15) is 0 Å². The molecular weight excluding hydrogens is 358 g/mol. The minimum Gasteiger partial charge on any atom is -0.353 e. The largest absolute Gasteiger partial charge is 0.353 e. The van der Waals surface area contributed by atoms with Gasteiger partial charge in [-0.05, 0) is 43.9 Å². The fourth-order valence-electron chi connectivity index (χ4n) is 3.53. The molecule has 146 valence electrons. The first-order valence-corrected chi connectivity index (χ1v) is 9.43. The normalized spacial score (nSPS) is 16.6. The summed E-state index contributed by atoms with van der Waals surface area (Å²) in [7, 11) is 1.98. The lowest BCUT2D eigenvalue weighted by molar-refractivity contribution is -0.123. The van der Waals surface area contributed by atoms with Crippen molar-refractivity contribution >= 4 is 23.5 Å². The number of carbonyl (C=O) groups is 3. The van der Waals surface area contributed by atoms with Crippen molar-refractivity contribution in [1.82, 2.24) is 19.8 Å². The lowest BCUT2D eigenvalue weighted by Gasteiger charge is -2.26. The van der Waals surface area contributed by atoms with Crippen LogP contribution in [0.25, 0.3) is 0 Å². The van der Waals surface area contributed by atoms with Gasteiger partial charge in [-0.1, -0.05) is 0 Å². The molecule has 2 N–H and O–H groups in total. The number of hydrogen-bond donors (Lipinski definition) is 2. The Morgan fingerprint density at radius 1 is 1.29 bits per heavy atom. The van der Waals surface area contributed by atoms with Crippen molar-refractivity contribution in [3.63, 3.8) is 0 Å². The van der Waals surface area contributed by atoms with Crippen LogP contribution >= 0.6 is 0 Å². The van der Waals surface area contributed by atoms with E-state index in [2.05, 4.69) is 20.2 Å². The molecule has 3 amide bonds.